The molecule has 0 aliphatic heterocycles. The summed E-state index contributed by atoms with van der Waals surface area (Å²) in [5.74, 6) is 0.0918. The van der Waals surface area contributed by atoms with Crippen molar-refractivity contribution in [2.24, 2.45) is 5.92 Å². The molecular weight excluding hydrogens is 278 g/mol. The van der Waals surface area contributed by atoms with Gasteiger partial charge in [0.2, 0.25) is 0 Å². The van der Waals surface area contributed by atoms with Crippen molar-refractivity contribution < 1.29 is 9.59 Å². The number of hydrogen-bond donors (Lipinski definition) is 3. The van der Waals surface area contributed by atoms with Crippen molar-refractivity contribution >= 4 is 29.2 Å². The number of anilines is 1. The highest BCUT2D eigenvalue weighted by molar-refractivity contribution is 6.33. The smallest absolute Gasteiger partial charge is 0.319 e. The van der Waals surface area contributed by atoms with Gasteiger partial charge in [0.25, 0.3) is 5.91 Å². The summed E-state index contributed by atoms with van der Waals surface area (Å²) in [6, 6.07) is 4.41. The van der Waals surface area contributed by atoms with E-state index in [1.54, 1.807) is 25.2 Å². The van der Waals surface area contributed by atoms with Gasteiger partial charge in [-0.2, -0.15) is 0 Å². The fourth-order valence-electron chi connectivity index (χ4n) is 1.44. The van der Waals surface area contributed by atoms with Crippen molar-refractivity contribution in [2.75, 3.05) is 12.4 Å². The highest BCUT2D eigenvalue weighted by atomic mass is 35.5. The molecule has 1 atom stereocenters. The van der Waals surface area contributed by atoms with Crippen LogP contribution < -0.4 is 16.0 Å². The summed E-state index contributed by atoms with van der Waals surface area (Å²) < 4.78 is 0. The van der Waals surface area contributed by atoms with Crippen molar-refractivity contribution in [2.45, 2.75) is 26.8 Å². The molecule has 1 aromatic carbocycles. The van der Waals surface area contributed by atoms with E-state index in [-0.39, 0.29) is 18.0 Å². The lowest BCUT2D eigenvalue weighted by atomic mass is 10.1. The average molecular weight is 298 g/mol. The third kappa shape index (κ3) is 4.42. The van der Waals surface area contributed by atoms with Gasteiger partial charge in [0, 0.05) is 18.7 Å². The third-order valence-electron chi connectivity index (χ3n) is 3.06. The van der Waals surface area contributed by atoms with E-state index in [4.69, 9.17) is 11.6 Å². The van der Waals surface area contributed by atoms with Crippen molar-refractivity contribution in [3.8, 4) is 0 Å². The summed E-state index contributed by atoms with van der Waals surface area (Å²) in [6.45, 7) is 5.96. The van der Waals surface area contributed by atoms with Crippen molar-refractivity contribution in [3.05, 3.63) is 28.8 Å². The molecular formula is C14H20ClN3O2. The zero-order valence-corrected chi connectivity index (χ0v) is 12.8. The first-order valence-corrected chi connectivity index (χ1v) is 6.82. The molecule has 0 saturated carbocycles. The number of amides is 3. The minimum absolute atomic E-state index is 0.0379. The first-order valence-electron chi connectivity index (χ1n) is 6.44. The Kier molecular flexibility index (Phi) is 5.82. The largest absolute Gasteiger partial charge is 0.355 e. The maximum absolute atomic E-state index is 11.8. The third-order valence-corrected chi connectivity index (χ3v) is 3.39. The van der Waals surface area contributed by atoms with Crippen LogP contribution in [0.3, 0.4) is 0 Å². The predicted molar refractivity (Wildman–Crippen MR) is 81.3 cm³/mol. The van der Waals surface area contributed by atoms with Crippen LogP contribution >= 0.6 is 11.6 Å². The molecule has 0 fully saturated rings. The molecule has 6 heteroatoms. The van der Waals surface area contributed by atoms with E-state index in [0.29, 0.717) is 22.2 Å². The number of urea groups is 1. The fourth-order valence-corrected chi connectivity index (χ4v) is 1.60. The van der Waals surface area contributed by atoms with Gasteiger partial charge < -0.3 is 16.0 Å². The minimum atomic E-state index is -0.345. The average Bonchev–Trinajstić information content (AvgIpc) is 2.40. The number of hydrogen-bond acceptors (Lipinski definition) is 2. The summed E-state index contributed by atoms with van der Waals surface area (Å²) in [6.07, 6.45) is 0. The standard InChI is InChI=1S/C14H20ClN3O2/c1-8(2)9(3)17-14(20)18-12-7-10(13(19)16-4)5-6-11(12)15/h5-9H,1-4H3,(H,16,19)(H2,17,18,20)/t9-/m0/s1. The van der Waals surface area contributed by atoms with Crippen LogP contribution in [0, 0.1) is 5.92 Å². The lowest BCUT2D eigenvalue weighted by molar-refractivity contribution is 0.0963. The van der Waals surface area contributed by atoms with Gasteiger partial charge in [-0.1, -0.05) is 25.4 Å². The van der Waals surface area contributed by atoms with Crippen LogP contribution in [0.5, 0.6) is 0 Å². The number of carbonyl (C=O) groups is 2. The minimum Gasteiger partial charge on any atom is -0.355 e. The molecule has 0 saturated heterocycles. The van der Waals surface area contributed by atoms with Crippen LogP contribution in [0.1, 0.15) is 31.1 Å². The van der Waals surface area contributed by atoms with Crippen LogP contribution in [0.15, 0.2) is 18.2 Å². The number of nitrogens with one attached hydrogen (secondary N) is 3. The van der Waals surface area contributed by atoms with Gasteiger partial charge in [0.1, 0.15) is 0 Å². The molecule has 0 aliphatic carbocycles. The maximum Gasteiger partial charge on any atom is 0.319 e. The zero-order valence-electron chi connectivity index (χ0n) is 12.1. The summed E-state index contributed by atoms with van der Waals surface area (Å²) in [5, 5.41) is 8.36. The summed E-state index contributed by atoms with van der Waals surface area (Å²) in [4.78, 5) is 23.4. The van der Waals surface area contributed by atoms with Gasteiger partial charge >= 0.3 is 6.03 Å². The second-order valence-corrected chi connectivity index (χ2v) is 5.31. The topological polar surface area (TPSA) is 70.2 Å². The first-order chi connectivity index (χ1) is 9.35. The molecule has 1 rings (SSSR count). The van der Waals surface area contributed by atoms with E-state index in [0.717, 1.165) is 0 Å². The molecule has 3 N–H and O–H groups in total. The van der Waals surface area contributed by atoms with Crippen molar-refractivity contribution in [1.82, 2.24) is 10.6 Å². The van der Waals surface area contributed by atoms with Gasteiger partial charge in [0.15, 0.2) is 0 Å². The number of rotatable bonds is 4. The lowest BCUT2D eigenvalue weighted by Crippen LogP contribution is -2.39. The van der Waals surface area contributed by atoms with Gasteiger partial charge in [-0.3, -0.25) is 4.79 Å². The molecule has 0 aliphatic rings. The maximum atomic E-state index is 11.8. The quantitative estimate of drug-likeness (QED) is 0.800. The van der Waals surface area contributed by atoms with E-state index < -0.39 is 0 Å². The van der Waals surface area contributed by atoms with Crippen molar-refractivity contribution in [3.63, 3.8) is 0 Å². The zero-order chi connectivity index (χ0) is 15.3. The molecule has 20 heavy (non-hydrogen) atoms. The Labute approximate surface area is 124 Å². The molecule has 110 valence electrons. The summed E-state index contributed by atoms with van der Waals surface area (Å²) in [5.41, 5.74) is 0.838. The van der Waals surface area contributed by atoms with Crippen LogP contribution in [0.4, 0.5) is 10.5 Å². The number of carbonyl (C=O) groups excluding carboxylic acids is 2. The normalized spacial score (nSPS) is 11.9. The van der Waals surface area contributed by atoms with E-state index in [1.807, 2.05) is 20.8 Å². The van der Waals surface area contributed by atoms with E-state index in [9.17, 15) is 9.59 Å². The van der Waals surface area contributed by atoms with Crippen LogP contribution in [0.25, 0.3) is 0 Å². The van der Waals surface area contributed by atoms with Crippen molar-refractivity contribution in [1.29, 1.82) is 0 Å². The van der Waals surface area contributed by atoms with Crippen LogP contribution in [-0.2, 0) is 0 Å². The molecule has 0 radical (unpaired) electrons. The Bertz CT molecular complexity index is 503. The Morgan fingerprint density at radius 3 is 2.40 bits per heavy atom. The summed E-state index contributed by atoms with van der Waals surface area (Å²) in [7, 11) is 1.54. The molecule has 3 amide bonds. The Balaban J connectivity index is 2.81. The van der Waals surface area contributed by atoms with Gasteiger partial charge in [-0.25, -0.2) is 4.79 Å². The molecule has 5 nitrogen and oxygen atoms in total. The molecule has 0 heterocycles. The lowest BCUT2D eigenvalue weighted by Gasteiger charge is -2.18. The van der Waals surface area contributed by atoms with Crippen LogP contribution in [-0.4, -0.2) is 25.0 Å². The van der Waals surface area contributed by atoms with E-state index in [1.165, 1.54) is 0 Å². The molecule has 0 bridgehead atoms. The second kappa shape index (κ2) is 7.14. The molecule has 0 spiro atoms. The van der Waals surface area contributed by atoms with E-state index >= 15 is 0 Å². The molecule has 0 aromatic heterocycles. The highest BCUT2D eigenvalue weighted by Gasteiger charge is 2.13. The predicted octanol–water partition coefficient (Wildman–Crippen LogP) is 2.87. The van der Waals surface area contributed by atoms with E-state index in [2.05, 4.69) is 16.0 Å². The Morgan fingerprint density at radius 1 is 1.20 bits per heavy atom. The van der Waals surface area contributed by atoms with Gasteiger partial charge in [-0.15, -0.1) is 0 Å². The molecule has 0 unspecified atom stereocenters. The molecule has 1 aromatic rings. The van der Waals surface area contributed by atoms with Crippen LogP contribution in [0.2, 0.25) is 5.02 Å². The highest BCUT2D eigenvalue weighted by Crippen LogP contribution is 2.23. The van der Waals surface area contributed by atoms with Gasteiger partial charge in [-0.05, 0) is 31.0 Å². The summed E-state index contributed by atoms with van der Waals surface area (Å²) >= 11 is 6.01. The SMILES string of the molecule is CNC(=O)c1ccc(Cl)c(NC(=O)N[C@@H](C)C(C)C)c1. The monoisotopic (exact) mass is 297 g/mol. The fraction of sp³-hybridized carbons (Fsp3) is 0.429. The second-order valence-electron chi connectivity index (χ2n) is 4.90. The Morgan fingerprint density at radius 2 is 1.85 bits per heavy atom. The Hall–Kier alpha value is -1.75. The number of benzene rings is 1. The van der Waals surface area contributed by atoms with Gasteiger partial charge in [0.05, 0.1) is 10.7 Å². The first kappa shape index (κ1) is 16.3. The number of halogens is 1.